The summed E-state index contributed by atoms with van der Waals surface area (Å²) in [6.07, 6.45) is 1.23. The van der Waals surface area contributed by atoms with Crippen molar-refractivity contribution in [2.75, 3.05) is 6.61 Å². The summed E-state index contributed by atoms with van der Waals surface area (Å²) in [5.41, 5.74) is 3.34. The van der Waals surface area contributed by atoms with Gasteiger partial charge in [0.2, 0.25) is 5.91 Å². The van der Waals surface area contributed by atoms with Crippen LogP contribution in [0.5, 0.6) is 0 Å². The number of benzene rings is 2. The zero-order valence-electron chi connectivity index (χ0n) is 18.7. The number of carbonyl (C=O) groups excluding carboxylic acids is 3. The molecule has 1 fully saturated rings. The first-order valence-electron chi connectivity index (χ1n) is 11.3. The molecule has 3 aromatic rings. The molecular formula is C27H26N2O4. The van der Waals surface area contributed by atoms with Gasteiger partial charge in [0, 0.05) is 18.7 Å². The Morgan fingerprint density at radius 2 is 1.67 bits per heavy atom. The van der Waals surface area contributed by atoms with Crippen molar-refractivity contribution < 1.29 is 19.1 Å². The Kier molecular flexibility index (Phi) is 5.36. The molecule has 3 atom stereocenters. The van der Waals surface area contributed by atoms with E-state index < -0.39 is 24.0 Å². The maximum absolute atomic E-state index is 13.8. The SMILES string of the molecule is CC(C)[C@@H]1c2ccn(Cc3ccccc3)c2C(=O)[C@H]1C(=O)N1C(=O)OC[C@H]1c1ccccc1. The van der Waals surface area contributed by atoms with Crippen molar-refractivity contribution in [3.05, 3.63) is 95.3 Å². The summed E-state index contributed by atoms with van der Waals surface area (Å²) < 4.78 is 7.18. The largest absolute Gasteiger partial charge is 0.446 e. The van der Waals surface area contributed by atoms with Gasteiger partial charge < -0.3 is 9.30 Å². The highest BCUT2D eigenvalue weighted by atomic mass is 16.6. The van der Waals surface area contributed by atoms with Crippen molar-refractivity contribution in [2.45, 2.75) is 32.4 Å². The number of amides is 2. The van der Waals surface area contributed by atoms with E-state index in [1.54, 1.807) is 0 Å². The van der Waals surface area contributed by atoms with Crippen molar-refractivity contribution >= 4 is 17.8 Å². The molecule has 0 N–H and O–H groups in total. The molecule has 0 radical (unpaired) electrons. The first-order valence-corrected chi connectivity index (χ1v) is 11.3. The first-order chi connectivity index (χ1) is 16.0. The predicted molar refractivity (Wildman–Crippen MR) is 123 cm³/mol. The van der Waals surface area contributed by atoms with E-state index in [0.29, 0.717) is 12.2 Å². The van der Waals surface area contributed by atoms with Gasteiger partial charge in [0.25, 0.3) is 0 Å². The molecular weight excluding hydrogens is 416 g/mol. The number of carbonyl (C=O) groups is 3. The number of nitrogens with zero attached hydrogens (tertiary/aromatic N) is 2. The zero-order valence-corrected chi connectivity index (χ0v) is 18.7. The maximum atomic E-state index is 13.8. The average molecular weight is 443 g/mol. The van der Waals surface area contributed by atoms with Crippen LogP contribution in [0.4, 0.5) is 4.79 Å². The van der Waals surface area contributed by atoms with E-state index in [-0.39, 0.29) is 24.2 Å². The summed E-state index contributed by atoms with van der Waals surface area (Å²) in [5.74, 6) is -1.87. The number of ether oxygens (including phenoxy) is 1. The van der Waals surface area contributed by atoms with Gasteiger partial charge in [-0.3, -0.25) is 9.59 Å². The molecule has 2 amide bonds. The fourth-order valence-corrected chi connectivity index (χ4v) is 5.19. The van der Waals surface area contributed by atoms with Crippen LogP contribution in [0, 0.1) is 11.8 Å². The molecule has 2 heterocycles. The third kappa shape index (κ3) is 3.55. The van der Waals surface area contributed by atoms with Crippen LogP contribution in [0.1, 0.15) is 53.0 Å². The van der Waals surface area contributed by atoms with Gasteiger partial charge in [-0.2, -0.15) is 0 Å². The molecule has 2 aromatic carbocycles. The molecule has 1 aliphatic heterocycles. The normalized spacial score (nSPS) is 22.0. The number of ketones is 1. The van der Waals surface area contributed by atoms with Crippen molar-refractivity contribution in [1.82, 2.24) is 9.47 Å². The van der Waals surface area contributed by atoms with Crippen molar-refractivity contribution in [2.24, 2.45) is 11.8 Å². The molecule has 33 heavy (non-hydrogen) atoms. The second kappa shape index (κ2) is 8.35. The highest BCUT2D eigenvalue weighted by Gasteiger charge is 2.52. The van der Waals surface area contributed by atoms with Gasteiger partial charge in [-0.05, 0) is 28.7 Å². The Balaban J connectivity index is 1.50. The summed E-state index contributed by atoms with van der Waals surface area (Å²) in [4.78, 5) is 41.3. The van der Waals surface area contributed by atoms with Crippen LogP contribution in [0.15, 0.2) is 72.9 Å². The second-order valence-corrected chi connectivity index (χ2v) is 9.06. The lowest BCUT2D eigenvalue weighted by molar-refractivity contribution is -0.132. The molecule has 6 heteroatoms. The molecule has 1 saturated heterocycles. The van der Waals surface area contributed by atoms with Crippen LogP contribution in [0.3, 0.4) is 0 Å². The van der Waals surface area contributed by atoms with Crippen molar-refractivity contribution in [3.63, 3.8) is 0 Å². The minimum Gasteiger partial charge on any atom is -0.446 e. The molecule has 0 unspecified atom stereocenters. The molecule has 0 bridgehead atoms. The lowest BCUT2D eigenvalue weighted by atomic mass is 9.82. The maximum Gasteiger partial charge on any atom is 0.417 e. The Morgan fingerprint density at radius 1 is 1.00 bits per heavy atom. The quantitative estimate of drug-likeness (QED) is 0.532. The number of hydrogen-bond acceptors (Lipinski definition) is 4. The molecule has 2 aliphatic rings. The number of aromatic nitrogens is 1. The average Bonchev–Trinajstić information content (AvgIpc) is 3.48. The number of imide groups is 1. The van der Waals surface area contributed by atoms with E-state index >= 15 is 0 Å². The number of Topliss-reactive ketones (excluding diaryl/α,β-unsaturated/α-hetero) is 1. The Morgan fingerprint density at radius 3 is 2.33 bits per heavy atom. The number of rotatable bonds is 5. The van der Waals surface area contributed by atoms with Crippen LogP contribution in [-0.2, 0) is 16.1 Å². The fourth-order valence-electron chi connectivity index (χ4n) is 5.19. The molecule has 1 aromatic heterocycles. The van der Waals surface area contributed by atoms with Crippen molar-refractivity contribution in [1.29, 1.82) is 0 Å². The number of fused-ring (bicyclic) bond motifs is 1. The Labute approximate surface area is 192 Å². The van der Waals surface area contributed by atoms with Crippen LogP contribution in [-0.4, -0.2) is 33.9 Å². The van der Waals surface area contributed by atoms with Gasteiger partial charge in [-0.1, -0.05) is 74.5 Å². The number of cyclic esters (lactones) is 1. The van der Waals surface area contributed by atoms with Gasteiger partial charge in [-0.15, -0.1) is 0 Å². The van der Waals surface area contributed by atoms with Crippen LogP contribution in [0.25, 0.3) is 0 Å². The van der Waals surface area contributed by atoms with Crippen LogP contribution < -0.4 is 0 Å². The summed E-state index contributed by atoms with van der Waals surface area (Å²) in [7, 11) is 0. The standard InChI is InChI=1S/C27H26N2O4/c1-17(2)22-20-13-14-28(15-18-9-5-3-6-10-18)24(20)25(30)23(22)26(31)29-21(16-33-27(29)32)19-11-7-4-8-12-19/h3-14,17,21-23H,15-16H2,1-2H3/t21-,22+,23-/m0/s1. The van der Waals surface area contributed by atoms with Gasteiger partial charge in [-0.25, -0.2) is 9.69 Å². The van der Waals surface area contributed by atoms with E-state index in [2.05, 4.69) is 0 Å². The van der Waals surface area contributed by atoms with E-state index in [4.69, 9.17) is 4.74 Å². The van der Waals surface area contributed by atoms with Crippen LogP contribution >= 0.6 is 0 Å². The lowest BCUT2D eigenvalue weighted by Gasteiger charge is -2.27. The second-order valence-electron chi connectivity index (χ2n) is 9.06. The Bertz CT molecular complexity index is 1200. The van der Waals surface area contributed by atoms with Crippen LogP contribution in [0.2, 0.25) is 0 Å². The number of hydrogen-bond donors (Lipinski definition) is 0. The molecule has 6 nitrogen and oxygen atoms in total. The molecule has 5 rings (SSSR count). The molecule has 0 spiro atoms. The highest BCUT2D eigenvalue weighted by molar-refractivity contribution is 6.16. The van der Waals surface area contributed by atoms with E-state index in [0.717, 1.165) is 21.6 Å². The summed E-state index contributed by atoms with van der Waals surface area (Å²) in [5, 5.41) is 0. The molecule has 168 valence electrons. The minimum absolute atomic E-state index is 0.0468. The van der Waals surface area contributed by atoms with Gasteiger partial charge in [0.15, 0.2) is 5.78 Å². The van der Waals surface area contributed by atoms with Gasteiger partial charge >= 0.3 is 6.09 Å². The summed E-state index contributed by atoms with van der Waals surface area (Å²) in [6.45, 7) is 4.67. The van der Waals surface area contributed by atoms with Crippen molar-refractivity contribution in [3.8, 4) is 0 Å². The minimum atomic E-state index is -0.935. The van der Waals surface area contributed by atoms with E-state index in [1.165, 1.54) is 0 Å². The Hall–Kier alpha value is -3.67. The van der Waals surface area contributed by atoms with Gasteiger partial charge in [0.1, 0.15) is 18.6 Å². The molecule has 0 saturated carbocycles. The zero-order chi connectivity index (χ0) is 23.1. The lowest BCUT2D eigenvalue weighted by Crippen LogP contribution is -2.42. The monoisotopic (exact) mass is 442 g/mol. The smallest absolute Gasteiger partial charge is 0.417 e. The third-order valence-corrected chi connectivity index (χ3v) is 6.70. The fraction of sp³-hybridized carbons (Fsp3) is 0.296. The first kappa shape index (κ1) is 21.2. The van der Waals surface area contributed by atoms with Gasteiger partial charge in [0.05, 0.1) is 5.69 Å². The molecule has 1 aliphatic carbocycles. The highest BCUT2D eigenvalue weighted by Crippen LogP contribution is 2.45. The topological polar surface area (TPSA) is 68.6 Å². The summed E-state index contributed by atoms with van der Waals surface area (Å²) >= 11 is 0. The van der Waals surface area contributed by atoms with E-state index in [1.807, 2.05) is 91.3 Å². The summed E-state index contributed by atoms with van der Waals surface area (Å²) in [6, 6.07) is 20.7. The predicted octanol–water partition coefficient (Wildman–Crippen LogP) is 4.81. The third-order valence-electron chi connectivity index (χ3n) is 6.70. The van der Waals surface area contributed by atoms with E-state index in [9.17, 15) is 14.4 Å².